The molecule has 0 N–H and O–H groups in total. The summed E-state index contributed by atoms with van der Waals surface area (Å²) in [5.41, 5.74) is 1.05. The second kappa shape index (κ2) is 10.9. The summed E-state index contributed by atoms with van der Waals surface area (Å²) in [6, 6.07) is 7.83. The zero-order valence-corrected chi connectivity index (χ0v) is 14.0. The monoisotopic (exact) mass is 398 g/mol. The highest BCUT2D eigenvalue weighted by molar-refractivity contribution is 14.1. The van der Waals surface area contributed by atoms with Crippen molar-refractivity contribution >= 4 is 34.2 Å². The maximum atomic E-state index is 6.17. The molecule has 0 spiro atoms. The Morgan fingerprint density at radius 2 is 1.95 bits per heavy atom. The second-order valence-electron chi connectivity index (χ2n) is 3.99. The highest BCUT2D eigenvalue weighted by Crippen LogP contribution is 2.27. The third-order valence-corrected chi connectivity index (χ3v) is 3.72. The summed E-state index contributed by atoms with van der Waals surface area (Å²) in [6.45, 7) is 2.64. The van der Waals surface area contributed by atoms with Crippen LogP contribution in [-0.2, 0) is 14.2 Å². The highest BCUT2D eigenvalue weighted by Gasteiger charge is 2.13. The lowest BCUT2D eigenvalue weighted by Crippen LogP contribution is -2.10. The van der Waals surface area contributed by atoms with Gasteiger partial charge in [0.15, 0.2) is 0 Å². The van der Waals surface area contributed by atoms with Crippen molar-refractivity contribution in [1.29, 1.82) is 0 Å². The predicted octanol–water partition coefficient (Wildman–Crippen LogP) is 3.89. The van der Waals surface area contributed by atoms with E-state index in [1.807, 2.05) is 24.3 Å². The van der Waals surface area contributed by atoms with Crippen LogP contribution in [0.25, 0.3) is 0 Å². The highest BCUT2D eigenvalue weighted by atomic mass is 127. The molecule has 19 heavy (non-hydrogen) atoms. The van der Waals surface area contributed by atoms with Crippen LogP contribution in [0, 0.1) is 0 Å². The number of hydrogen-bond acceptors (Lipinski definition) is 3. The molecule has 108 valence electrons. The van der Waals surface area contributed by atoms with Crippen molar-refractivity contribution in [2.75, 3.05) is 38.0 Å². The Bertz CT molecular complexity index is 349. The molecule has 5 heteroatoms. The third-order valence-electron chi connectivity index (χ3n) is 2.58. The van der Waals surface area contributed by atoms with Gasteiger partial charge in [0, 0.05) is 35.3 Å². The van der Waals surface area contributed by atoms with Crippen molar-refractivity contribution in [1.82, 2.24) is 0 Å². The molecule has 0 saturated heterocycles. The van der Waals surface area contributed by atoms with Crippen LogP contribution in [0.2, 0.25) is 5.02 Å². The molecule has 0 radical (unpaired) electrons. The van der Waals surface area contributed by atoms with Gasteiger partial charge in [-0.1, -0.05) is 52.4 Å². The first-order chi connectivity index (χ1) is 9.29. The van der Waals surface area contributed by atoms with Gasteiger partial charge in [-0.25, -0.2) is 0 Å². The van der Waals surface area contributed by atoms with Gasteiger partial charge in [-0.05, 0) is 12.5 Å². The van der Waals surface area contributed by atoms with Crippen molar-refractivity contribution in [2.45, 2.75) is 12.5 Å². The van der Waals surface area contributed by atoms with Crippen LogP contribution < -0.4 is 0 Å². The topological polar surface area (TPSA) is 27.7 Å². The van der Waals surface area contributed by atoms with Crippen LogP contribution in [0.5, 0.6) is 0 Å². The average molecular weight is 399 g/mol. The molecule has 0 aromatic heterocycles. The summed E-state index contributed by atoms with van der Waals surface area (Å²) >= 11 is 8.49. The molecule has 0 aliphatic carbocycles. The van der Waals surface area contributed by atoms with E-state index >= 15 is 0 Å². The zero-order valence-electron chi connectivity index (χ0n) is 11.1. The van der Waals surface area contributed by atoms with Gasteiger partial charge in [0.1, 0.15) is 0 Å². The first-order valence-electron chi connectivity index (χ1n) is 6.28. The molecule has 1 unspecified atom stereocenters. The van der Waals surface area contributed by atoms with E-state index in [9.17, 15) is 0 Å². The Kier molecular flexibility index (Phi) is 9.81. The Labute approximate surface area is 133 Å². The van der Waals surface area contributed by atoms with E-state index in [0.717, 1.165) is 21.4 Å². The molecule has 0 aliphatic heterocycles. The van der Waals surface area contributed by atoms with Crippen LogP contribution in [0.1, 0.15) is 18.1 Å². The maximum absolute atomic E-state index is 6.17. The number of methoxy groups -OCH3 is 1. The van der Waals surface area contributed by atoms with Crippen molar-refractivity contribution in [3.63, 3.8) is 0 Å². The van der Waals surface area contributed by atoms with Gasteiger partial charge in [-0.2, -0.15) is 0 Å². The quantitative estimate of drug-likeness (QED) is 0.340. The van der Waals surface area contributed by atoms with E-state index in [2.05, 4.69) is 22.6 Å². The molecule has 0 heterocycles. The Morgan fingerprint density at radius 3 is 2.63 bits per heavy atom. The van der Waals surface area contributed by atoms with Crippen molar-refractivity contribution < 1.29 is 14.2 Å². The number of hydrogen-bond donors (Lipinski definition) is 0. The summed E-state index contributed by atoms with van der Waals surface area (Å²) in [7, 11) is 1.67. The van der Waals surface area contributed by atoms with E-state index in [1.54, 1.807) is 7.11 Å². The van der Waals surface area contributed by atoms with Crippen LogP contribution >= 0.6 is 34.2 Å². The lowest BCUT2D eigenvalue weighted by Gasteiger charge is -2.17. The van der Waals surface area contributed by atoms with E-state index in [0.29, 0.717) is 26.4 Å². The van der Waals surface area contributed by atoms with E-state index in [4.69, 9.17) is 25.8 Å². The van der Waals surface area contributed by atoms with Gasteiger partial charge in [0.25, 0.3) is 0 Å². The van der Waals surface area contributed by atoms with Gasteiger partial charge < -0.3 is 14.2 Å². The fraction of sp³-hybridized carbons (Fsp3) is 0.571. The average Bonchev–Trinajstić information content (AvgIpc) is 2.43. The second-order valence-corrected chi connectivity index (χ2v) is 5.28. The minimum absolute atomic E-state index is 0.0493. The van der Waals surface area contributed by atoms with Crippen molar-refractivity contribution in [3.8, 4) is 0 Å². The molecule has 1 aromatic rings. The number of rotatable bonds is 10. The van der Waals surface area contributed by atoms with E-state index in [-0.39, 0.29) is 6.10 Å². The smallest absolute Gasteiger partial charge is 0.0928 e. The summed E-state index contributed by atoms with van der Waals surface area (Å²) < 4.78 is 17.0. The molecule has 0 saturated carbocycles. The van der Waals surface area contributed by atoms with Crippen LogP contribution in [0.15, 0.2) is 24.3 Å². The van der Waals surface area contributed by atoms with Crippen LogP contribution in [0.3, 0.4) is 0 Å². The van der Waals surface area contributed by atoms with Crippen LogP contribution in [-0.4, -0.2) is 38.0 Å². The summed E-state index contributed by atoms with van der Waals surface area (Å²) in [5.74, 6) is 0. The minimum atomic E-state index is 0.0493. The fourth-order valence-electron chi connectivity index (χ4n) is 1.58. The molecule has 3 nitrogen and oxygen atoms in total. The molecule has 0 aliphatic rings. The molecule has 1 atom stereocenters. The first-order valence-corrected chi connectivity index (χ1v) is 8.18. The number of halogens is 2. The summed E-state index contributed by atoms with van der Waals surface area (Å²) in [6.07, 6.45) is 0.926. The molecule has 0 bridgehead atoms. The Hall–Kier alpha value is 0.120. The first kappa shape index (κ1) is 17.2. The third kappa shape index (κ3) is 6.90. The lowest BCUT2D eigenvalue weighted by molar-refractivity contribution is 0.0321. The standard InChI is InChI=1S/C14H20ClIO3/c1-17-9-10-18-7-4-8-19-14(11-16)12-5-2-3-6-13(12)15/h2-3,5-6,14H,4,7-11H2,1H3. The summed E-state index contributed by atoms with van der Waals surface area (Å²) in [4.78, 5) is 0. The number of ether oxygens (including phenoxy) is 3. The van der Waals surface area contributed by atoms with E-state index < -0.39 is 0 Å². The Morgan fingerprint density at radius 1 is 1.16 bits per heavy atom. The molecule has 1 rings (SSSR count). The maximum Gasteiger partial charge on any atom is 0.0928 e. The van der Waals surface area contributed by atoms with Crippen molar-refractivity contribution in [2.24, 2.45) is 0 Å². The van der Waals surface area contributed by atoms with Gasteiger partial charge in [-0.15, -0.1) is 0 Å². The van der Waals surface area contributed by atoms with Gasteiger partial charge >= 0.3 is 0 Å². The molecule has 1 aromatic carbocycles. The van der Waals surface area contributed by atoms with Gasteiger partial charge in [0.2, 0.25) is 0 Å². The lowest BCUT2D eigenvalue weighted by atomic mass is 10.1. The molecular formula is C14H20ClIO3. The Balaban J connectivity index is 2.24. The minimum Gasteiger partial charge on any atom is -0.382 e. The zero-order chi connectivity index (χ0) is 13.9. The normalized spacial score (nSPS) is 12.6. The number of alkyl halides is 1. The SMILES string of the molecule is COCCOCCCOC(CI)c1ccccc1Cl. The van der Waals surface area contributed by atoms with Gasteiger partial charge in [-0.3, -0.25) is 0 Å². The molecule has 0 fully saturated rings. The predicted molar refractivity (Wildman–Crippen MR) is 86.3 cm³/mol. The fourth-order valence-corrected chi connectivity index (χ4v) is 2.57. The van der Waals surface area contributed by atoms with E-state index in [1.165, 1.54) is 0 Å². The molecular weight excluding hydrogens is 379 g/mol. The van der Waals surface area contributed by atoms with Crippen molar-refractivity contribution in [3.05, 3.63) is 34.9 Å². The largest absolute Gasteiger partial charge is 0.382 e. The molecule has 0 amide bonds. The van der Waals surface area contributed by atoms with Gasteiger partial charge in [0.05, 0.1) is 19.3 Å². The van der Waals surface area contributed by atoms with Crippen LogP contribution in [0.4, 0.5) is 0 Å². The number of benzene rings is 1. The summed E-state index contributed by atoms with van der Waals surface area (Å²) in [5, 5.41) is 0.764.